The summed E-state index contributed by atoms with van der Waals surface area (Å²) in [6.45, 7) is 4.57. The molecule has 0 unspecified atom stereocenters. The third kappa shape index (κ3) is 2.98. The number of oxazole rings is 1. The van der Waals surface area contributed by atoms with E-state index in [0.717, 1.165) is 22.7 Å². The van der Waals surface area contributed by atoms with Crippen molar-refractivity contribution in [3.8, 4) is 5.75 Å². The minimum Gasteiger partial charge on any atom is -0.493 e. The molecule has 2 aromatic rings. The van der Waals surface area contributed by atoms with Crippen LogP contribution in [-0.2, 0) is 0 Å². The second kappa shape index (κ2) is 5.35. The SMILES string of the molecule is CC(C)c1nc2ccc(OCCC(N)=S)cc2o1. The van der Waals surface area contributed by atoms with Gasteiger partial charge in [0, 0.05) is 18.4 Å². The molecule has 1 heterocycles. The molecule has 0 aliphatic carbocycles. The molecule has 0 bridgehead atoms. The number of nitrogens with zero attached hydrogens (tertiary/aromatic N) is 1. The van der Waals surface area contributed by atoms with Crippen LogP contribution in [-0.4, -0.2) is 16.6 Å². The van der Waals surface area contributed by atoms with Crippen molar-refractivity contribution in [2.45, 2.75) is 26.2 Å². The summed E-state index contributed by atoms with van der Waals surface area (Å²) in [7, 11) is 0. The molecule has 0 aliphatic heterocycles. The maximum Gasteiger partial charge on any atom is 0.198 e. The second-order valence-electron chi connectivity index (χ2n) is 4.40. The summed E-state index contributed by atoms with van der Waals surface area (Å²) >= 11 is 4.79. The molecular formula is C13H16N2O2S. The monoisotopic (exact) mass is 264 g/mol. The van der Waals surface area contributed by atoms with Crippen LogP contribution in [0.4, 0.5) is 0 Å². The minimum absolute atomic E-state index is 0.274. The number of rotatable bonds is 5. The number of fused-ring (bicyclic) bond motifs is 1. The average molecular weight is 264 g/mol. The smallest absolute Gasteiger partial charge is 0.198 e. The highest BCUT2D eigenvalue weighted by Crippen LogP contribution is 2.24. The first-order chi connectivity index (χ1) is 8.56. The van der Waals surface area contributed by atoms with Gasteiger partial charge in [-0.3, -0.25) is 0 Å². The van der Waals surface area contributed by atoms with E-state index in [1.54, 1.807) is 0 Å². The normalized spacial score (nSPS) is 11.1. The maximum absolute atomic E-state index is 5.66. The molecule has 0 radical (unpaired) electrons. The molecule has 5 heteroatoms. The summed E-state index contributed by atoms with van der Waals surface area (Å²) in [6, 6.07) is 5.60. The number of hydrogen-bond donors (Lipinski definition) is 1. The van der Waals surface area contributed by atoms with Crippen LogP contribution in [0.25, 0.3) is 11.1 Å². The Balaban J connectivity index is 2.14. The number of hydrogen-bond acceptors (Lipinski definition) is 4. The molecule has 0 amide bonds. The molecule has 0 saturated heterocycles. The van der Waals surface area contributed by atoms with Crippen LogP contribution >= 0.6 is 12.2 Å². The molecule has 1 aromatic carbocycles. The van der Waals surface area contributed by atoms with Crippen molar-refractivity contribution in [3.05, 3.63) is 24.1 Å². The van der Waals surface area contributed by atoms with E-state index in [9.17, 15) is 0 Å². The van der Waals surface area contributed by atoms with E-state index in [1.165, 1.54) is 0 Å². The van der Waals surface area contributed by atoms with E-state index in [4.69, 9.17) is 27.1 Å². The van der Waals surface area contributed by atoms with Crippen LogP contribution in [0, 0.1) is 0 Å². The first-order valence-corrected chi connectivity index (χ1v) is 6.28. The second-order valence-corrected chi connectivity index (χ2v) is 4.93. The average Bonchev–Trinajstić information content (AvgIpc) is 2.71. The highest BCUT2D eigenvalue weighted by molar-refractivity contribution is 7.80. The quantitative estimate of drug-likeness (QED) is 0.841. The maximum atomic E-state index is 5.66. The van der Waals surface area contributed by atoms with Crippen LogP contribution in [0.5, 0.6) is 5.75 Å². The van der Waals surface area contributed by atoms with Crippen molar-refractivity contribution in [1.82, 2.24) is 4.98 Å². The van der Waals surface area contributed by atoms with Gasteiger partial charge >= 0.3 is 0 Å². The number of aromatic nitrogens is 1. The van der Waals surface area contributed by atoms with Crippen molar-refractivity contribution in [2.75, 3.05) is 6.61 Å². The zero-order chi connectivity index (χ0) is 13.1. The molecule has 4 nitrogen and oxygen atoms in total. The summed E-state index contributed by atoms with van der Waals surface area (Å²) in [5, 5.41) is 0. The Morgan fingerprint density at radius 3 is 2.94 bits per heavy atom. The third-order valence-corrected chi connectivity index (χ3v) is 2.69. The van der Waals surface area contributed by atoms with E-state index in [1.807, 2.05) is 32.0 Å². The number of ether oxygens (including phenoxy) is 1. The van der Waals surface area contributed by atoms with Crippen molar-refractivity contribution in [2.24, 2.45) is 5.73 Å². The summed E-state index contributed by atoms with van der Waals surface area (Å²) in [4.78, 5) is 4.86. The predicted octanol–water partition coefficient (Wildman–Crippen LogP) is 3.01. The largest absolute Gasteiger partial charge is 0.493 e. The molecule has 0 fully saturated rings. The Hall–Kier alpha value is -1.62. The van der Waals surface area contributed by atoms with Crippen LogP contribution in [0.2, 0.25) is 0 Å². The highest BCUT2D eigenvalue weighted by Gasteiger charge is 2.09. The standard InChI is InChI=1S/C13H16N2O2S/c1-8(2)13-15-10-4-3-9(7-11(10)17-13)16-6-5-12(14)18/h3-4,7-8H,5-6H2,1-2H3,(H2,14,18). The fourth-order valence-electron chi connectivity index (χ4n) is 1.53. The highest BCUT2D eigenvalue weighted by atomic mass is 32.1. The summed E-state index contributed by atoms with van der Waals surface area (Å²) in [6.07, 6.45) is 0.570. The molecule has 0 atom stereocenters. The van der Waals surface area contributed by atoms with Gasteiger partial charge in [0.05, 0.1) is 11.6 Å². The van der Waals surface area contributed by atoms with Gasteiger partial charge in [-0.15, -0.1) is 0 Å². The van der Waals surface area contributed by atoms with Gasteiger partial charge in [0.1, 0.15) is 11.3 Å². The van der Waals surface area contributed by atoms with Crippen molar-refractivity contribution in [1.29, 1.82) is 0 Å². The molecule has 2 N–H and O–H groups in total. The molecule has 0 spiro atoms. The van der Waals surface area contributed by atoms with Gasteiger partial charge < -0.3 is 14.9 Å². The lowest BCUT2D eigenvalue weighted by Gasteiger charge is -2.04. The van der Waals surface area contributed by atoms with Gasteiger partial charge in [0.15, 0.2) is 11.5 Å². The van der Waals surface area contributed by atoms with E-state index < -0.39 is 0 Å². The summed E-state index contributed by atoms with van der Waals surface area (Å²) in [5.41, 5.74) is 7.00. The molecule has 18 heavy (non-hydrogen) atoms. The van der Waals surface area contributed by atoms with Gasteiger partial charge in [0.25, 0.3) is 0 Å². The van der Waals surface area contributed by atoms with Gasteiger partial charge in [0.2, 0.25) is 0 Å². The van der Waals surface area contributed by atoms with E-state index in [2.05, 4.69) is 4.98 Å². The first kappa shape index (κ1) is 12.8. The zero-order valence-corrected chi connectivity index (χ0v) is 11.3. The van der Waals surface area contributed by atoms with Gasteiger partial charge in [-0.2, -0.15) is 0 Å². The molecular weight excluding hydrogens is 248 g/mol. The summed E-state index contributed by atoms with van der Waals surface area (Å²) < 4.78 is 11.2. The number of benzene rings is 1. The number of thiocarbonyl (C=S) groups is 1. The van der Waals surface area contributed by atoms with E-state index >= 15 is 0 Å². The Bertz CT molecular complexity index is 563. The zero-order valence-electron chi connectivity index (χ0n) is 10.5. The molecule has 2 rings (SSSR count). The lowest BCUT2D eigenvalue weighted by atomic mass is 10.2. The topological polar surface area (TPSA) is 61.3 Å². The first-order valence-electron chi connectivity index (χ1n) is 5.88. The Morgan fingerprint density at radius 1 is 1.50 bits per heavy atom. The Labute approximate surface area is 111 Å². The summed E-state index contributed by atoms with van der Waals surface area (Å²) in [5.74, 6) is 1.76. The van der Waals surface area contributed by atoms with Crippen LogP contribution < -0.4 is 10.5 Å². The van der Waals surface area contributed by atoms with Gasteiger partial charge in [-0.25, -0.2) is 4.98 Å². The third-order valence-electron chi connectivity index (χ3n) is 2.49. The molecule has 96 valence electrons. The Kier molecular flexibility index (Phi) is 3.81. The van der Waals surface area contributed by atoms with Crippen LogP contribution in [0.3, 0.4) is 0 Å². The van der Waals surface area contributed by atoms with Crippen molar-refractivity contribution in [3.63, 3.8) is 0 Å². The lowest BCUT2D eigenvalue weighted by Crippen LogP contribution is -2.12. The fourth-order valence-corrected chi connectivity index (χ4v) is 1.61. The number of nitrogens with two attached hydrogens (primary N) is 1. The van der Waals surface area contributed by atoms with Crippen molar-refractivity contribution >= 4 is 28.3 Å². The van der Waals surface area contributed by atoms with Gasteiger partial charge in [-0.1, -0.05) is 26.1 Å². The minimum atomic E-state index is 0.274. The molecule has 1 aromatic heterocycles. The van der Waals surface area contributed by atoms with Crippen LogP contribution in [0.1, 0.15) is 32.1 Å². The Morgan fingerprint density at radius 2 is 2.28 bits per heavy atom. The van der Waals surface area contributed by atoms with Crippen LogP contribution in [0.15, 0.2) is 22.6 Å². The molecule has 0 aliphatic rings. The molecule has 0 saturated carbocycles. The van der Waals surface area contributed by atoms with E-state index in [-0.39, 0.29) is 5.92 Å². The van der Waals surface area contributed by atoms with Crippen molar-refractivity contribution < 1.29 is 9.15 Å². The van der Waals surface area contributed by atoms with Gasteiger partial charge in [-0.05, 0) is 12.1 Å². The lowest BCUT2D eigenvalue weighted by molar-refractivity contribution is 0.329. The van der Waals surface area contributed by atoms with E-state index in [0.29, 0.717) is 18.0 Å². The fraction of sp³-hybridized carbons (Fsp3) is 0.385. The predicted molar refractivity (Wildman–Crippen MR) is 75.0 cm³/mol.